The van der Waals surface area contributed by atoms with Crippen molar-refractivity contribution >= 4 is 5.82 Å². The molecule has 2 aromatic rings. The van der Waals surface area contributed by atoms with E-state index < -0.39 is 0 Å². The molecule has 108 valence electrons. The van der Waals surface area contributed by atoms with E-state index in [1.807, 2.05) is 20.8 Å². The lowest BCUT2D eigenvalue weighted by Crippen LogP contribution is -2.07. The van der Waals surface area contributed by atoms with Crippen molar-refractivity contribution < 1.29 is 4.74 Å². The number of hydrogen-bond donors (Lipinski definition) is 1. The lowest BCUT2D eigenvalue weighted by molar-refractivity contribution is 0.380. The topological polar surface area (TPSA) is 97.7 Å². The predicted molar refractivity (Wildman–Crippen MR) is 79.8 cm³/mol. The van der Waals surface area contributed by atoms with E-state index in [-0.39, 0.29) is 17.7 Å². The summed E-state index contributed by atoms with van der Waals surface area (Å²) in [5.41, 5.74) is 9.54. The van der Waals surface area contributed by atoms with E-state index in [2.05, 4.69) is 21.0 Å². The number of rotatable bonds is 3. The van der Waals surface area contributed by atoms with Crippen LogP contribution in [0.1, 0.15) is 36.6 Å². The second-order valence-electron chi connectivity index (χ2n) is 4.98. The molecule has 6 nitrogen and oxygen atoms in total. The molecule has 6 heteroatoms. The highest BCUT2D eigenvalue weighted by molar-refractivity contribution is 5.78. The summed E-state index contributed by atoms with van der Waals surface area (Å²) in [6.07, 6.45) is 3.25. The lowest BCUT2D eigenvalue weighted by Gasteiger charge is -2.16. The summed E-state index contributed by atoms with van der Waals surface area (Å²) >= 11 is 0. The van der Waals surface area contributed by atoms with Crippen LogP contribution in [-0.4, -0.2) is 22.1 Å². The number of hydrogen-bond acceptors (Lipinski definition) is 6. The average molecular weight is 283 g/mol. The molecule has 21 heavy (non-hydrogen) atoms. The number of aromatic nitrogens is 3. The van der Waals surface area contributed by atoms with Crippen molar-refractivity contribution in [1.29, 1.82) is 5.26 Å². The Balaban J connectivity index is 2.73. The molecule has 0 saturated carbocycles. The molecule has 0 radical (unpaired) electrons. The Hall–Kier alpha value is -2.68. The van der Waals surface area contributed by atoms with Crippen LogP contribution in [0.4, 0.5) is 5.82 Å². The first-order chi connectivity index (χ1) is 9.99. The van der Waals surface area contributed by atoms with Gasteiger partial charge in [0.15, 0.2) is 0 Å². The van der Waals surface area contributed by atoms with Gasteiger partial charge in [-0.2, -0.15) is 5.26 Å². The highest BCUT2D eigenvalue weighted by atomic mass is 16.5. The molecule has 0 unspecified atom stereocenters. The maximum Gasteiger partial charge on any atom is 0.316 e. The van der Waals surface area contributed by atoms with Crippen molar-refractivity contribution in [1.82, 2.24) is 15.0 Å². The SMILES string of the molecule is COc1ncc(-c2c(C)c(C(C)C)nc(N)c2C#N)cn1. The number of nitrogens with zero attached hydrogens (tertiary/aromatic N) is 4. The van der Waals surface area contributed by atoms with Gasteiger partial charge in [-0.1, -0.05) is 13.8 Å². The van der Waals surface area contributed by atoms with Crippen molar-refractivity contribution in [2.45, 2.75) is 26.7 Å². The molecule has 0 aliphatic rings. The second-order valence-corrected chi connectivity index (χ2v) is 4.98. The Morgan fingerprint density at radius 2 is 1.90 bits per heavy atom. The second kappa shape index (κ2) is 5.75. The van der Waals surface area contributed by atoms with Gasteiger partial charge >= 0.3 is 6.01 Å². The first-order valence-corrected chi connectivity index (χ1v) is 6.56. The fraction of sp³-hybridized carbons (Fsp3) is 0.333. The van der Waals surface area contributed by atoms with Crippen molar-refractivity contribution in [3.63, 3.8) is 0 Å². The summed E-state index contributed by atoms with van der Waals surface area (Å²) in [6, 6.07) is 2.40. The third kappa shape index (κ3) is 2.63. The maximum atomic E-state index is 9.38. The van der Waals surface area contributed by atoms with Crippen molar-refractivity contribution in [2.75, 3.05) is 12.8 Å². The van der Waals surface area contributed by atoms with E-state index >= 15 is 0 Å². The minimum absolute atomic E-state index is 0.206. The molecule has 0 aromatic carbocycles. The molecule has 2 N–H and O–H groups in total. The van der Waals surface area contributed by atoms with E-state index in [4.69, 9.17) is 10.5 Å². The van der Waals surface area contributed by atoms with Gasteiger partial charge < -0.3 is 10.5 Å². The highest BCUT2D eigenvalue weighted by Crippen LogP contribution is 2.33. The summed E-state index contributed by atoms with van der Waals surface area (Å²) in [4.78, 5) is 12.5. The van der Waals surface area contributed by atoms with Gasteiger partial charge in [-0.3, -0.25) is 0 Å². The fourth-order valence-electron chi connectivity index (χ4n) is 2.30. The molecule has 2 aromatic heterocycles. The molecule has 0 saturated heterocycles. The Bertz CT molecular complexity index is 701. The molecule has 0 aliphatic carbocycles. The number of anilines is 1. The highest BCUT2D eigenvalue weighted by Gasteiger charge is 2.19. The quantitative estimate of drug-likeness (QED) is 0.929. The molecule has 0 amide bonds. The Kier molecular flexibility index (Phi) is 4.03. The predicted octanol–water partition coefficient (Wildman–Crippen LogP) is 2.43. The zero-order chi connectivity index (χ0) is 15.6. The number of nitrogens with two attached hydrogens (primary N) is 1. The number of pyridine rings is 1. The average Bonchev–Trinajstić information content (AvgIpc) is 2.48. The van der Waals surface area contributed by atoms with Crippen LogP contribution in [0, 0.1) is 18.3 Å². The summed E-state index contributed by atoms with van der Waals surface area (Å²) in [6.45, 7) is 6.01. The Morgan fingerprint density at radius 3 is 2.38 bits per heavy atom. The van der Waals surface area contributed by atoms with E-state index in [1.165, 1.54) is 7.11 Å². The standard InChI is InChI=1S/C15H17N5O/c1-8(2)13-9(3)12(11(5-16)14(17)20-13)10-6-18-15(21-4)19-7-10/h6-8H,1-4H3,(H2,17,20). The van der Waals surface area contributed by atoms with Gasteiger partial charge in [0.25, 0.3) is 0 Å². The summed E-state index contributed by atoms with van der Waals surface area (Å²) in [5.74, 6) is 0.440. The summed E-state index contributed by atoms with van der Waals surface area (Å²) in [5, 5.41) is 9.38. The normalized spacial score (nSPS) is 10.5. The minimum Gasteiger partial charge on any atom is -0.467 e. The number of methoxy groups -OCH3 is 1. The maximum absolute atomic E-state index is 9.38. The zero-order valence-electron chi connectivity index (χ0n) is 12.5. The van der Waals surface area contributed by atoms with Gasteiger partial charge in [0, 0.05) is 29.2 Å². The third-order valence-corrected chi connectivity index (χ3v) is 3.26. The van der Waals surface area contributed by atoms with Crippen LogP contribution in [0.5, 0.6) is 6.01 Å². The van der Waals surface area contributed by atoms with Crippen LogP contribution in [0.25, 0.3) is 11.1 Å². The van der Waals surface area contributed by atoms with Crippen molar-refractivity contribution in [3.8, 4) is 23.2 Å². The lowest BCUT2D eigenvalue weighted by atomic mass is 9.93. The molecule has 0 bridgehead atoms. The summed E-state index contributed by atoms with van der Waals surface area (Å²) < 4.78 is 4.95. The van der Waals surface area contributed by atoms with Crippen molar-refractivity contribution in [2.24, 2.45) is 0 Å². The molecule has 2 heterocycles. The van der Waals surface area contributed by atoms with Gasteiger partial charge in [-0.05, 0) is 18.4 Å². The molecule has 0 atom stereocenters. The third-order valence-electron chi connectivity index (χ3n) is 3.26. The van der Waals surface area contributed by atoms with Gasteiger partial charge in [0.2, 0.25) is 0 Å². The van der Waals surface area contributed by atoms with Crippen LogP contribution < -0.4 is 10.5 Å². The number of nitriles is 1. The smallest absolute Gasteiger partial charge is 0.316 e. The molecule has 2 rings (SSSR count). The van der Waals surface area contributed by atoms with E-state index in [9.17, 15) is 5.26 Å². The molecular weight excluding hydrogens is 266 g/mol. The van der Waals surface area contributed by atoms with Crippen LogP contribution in [0.15, 0.2) is 12.4 Å². The minimum atomic E-state index is 0.206. The molecule has 0 spiro atoms. The molecule has 0 fully saturated rings. The first-order valence-electron chi connectivity index (χ1n) is 6.56. The van der Waals surface area contributed by atoms with Gasteiger partial charge in [-0.25, -0.2) is 15.0 Å². The van der Waals surface area contributed by atoms with Crippen LogP contribution in [-0.2, 0) is 0 Å². The molecular formula is C15H17N5O. The van der Waals surface area contributed by atoms with Gasteiger partial charge in [0.05, 0.1) is 7.11 Å². The van der Waals surface area contributed by atoms with E-state index in [0.29, 0.717) is 5.56 Å². The fourth-order valence-corrected chi connectivity index (χ4v) is 2.30. The number of nitrogen functional groups attached to an aromatic ring is 1. The van der Waals surface area contributed by atoms with E-state index in [0.717, 1.165) is 22.4 Å². The van der Waals surface area contributed by atoms with Crippen LogP contribution in [0.2, 0.25) is 0 Å². The number of ether oxygens (including phenoxy) is 1. The molecule has 0 aliphatic heterocycles. The Morgan fingerprint density at radius 1 is 1.29 bits per heavy atom. The largest absolute Gasteiger partial charge is 0.467 e. The summed E-state index contributed by atoms with van der Waals surface area (Å²) in [7, 11) is 1.50. The Labute approximate surface area is 123 Å². The first kappa shape index (κ1) is 14.7. The zero-order valence-corrected chi connectivity index (χ0v) is 12.5. The van der Waals surface area contributed by atoms with Crippen LogP contribution in [0.3, 0.4) is 0 Å². The van der Waals surface area contributed by atoms with Crippen molar-refractivity contribution in [3.05, 3.63) is 29.2 Å². The van der Waals surface area contributed by atoms with Crippen LogP contribution >= 0.6 is 0 Å². The van der Waals surface area contributed by atoms with E-state index in [1.54, 1.807) is 12.4 Å². The van der Waals surface area contributed by atoms with Gasteiger partial charge in [0.1, 0.15) is 17.5 Å². The van der Waals surface area contributed by atoms with Gasteiger partial charge in [-0.15, -0.1) is 0 Å². The monoisotopic (exact) mass is 283 g/mol.